The highest BCUT2D eigenvalue weighted by atomic mass is 16.5. The number of benzene rings is 1. The van der Waals surface area contributed by atoms with Crippen LogP contribution in [0, 0.1) is 0 Å². The van der Waals surface area contributed by atoms with E-state index in [0.717, 1.165) is 6.42 Å². The monoisotopic (exact) mass is 260 g/mol. The Kier molecular flexibility index (Phi) is 3.00. The topological polar surface area (TPSA) is 85.5 Å². The number of carboxylic acids is 1. The highest BCUT2D eigenvalue weighted by molar-refractivity contribution is 5.88. The van der Waals surface area contributed by atoms with E-state index in [2.05, 4.69) is 10.2 Å². The molecule has 0 saturated carbocycles. The molecule has 1 aromatic carbocycles. The first-order valence-electron chi connectivity index (χ1n) is 5.99. The molecule has 98 valence electrons. The molecular weight excluding hydrogens is 248 g/mol. The van der Waals surface area contributed by atoms with E-state index in [4.69, 9.17) is 14.3 Å². The minimum absolute atomic E-state index is 0.143. The Morgan fingerprint density at radius 1 is 1.37 bits per heavy atom. The molecule has 19 heavy (non-hydrogen) atoms. The van der Waals surface area contributed by atoms with E-state index in [1.165, 1.54) is 12.1 Å². The first-order valence-corrected chi connectivity index (χ1v) is 5.99. The van der Waals surface area contributed by atoms with E-state index in [1.54, 1.807) is 12.1 Å². The predicted octanol–water partition coefficient (Wildman–Crippen LogP) is 1.94. The zero-order chi connectivity index (χ0) is 13.2. The van der Waals surface area contributed by atoms with Crippen molar-refractivity contribution >= 4 is 5.97 Å². The molecule has 1 atom stereocenters. The fraction of sp³-hybridized carbons (Fsp3) is 0.308. The van der Waals surface area contributed by atoms with E-state index < -0.39 is 5.97 Å². The average molecular weight is 260 g/mol. The van der Waals surface area contributed by atoms with Crippen LogP contribution in [-0.2, 0) is 4.74 Å². The van der Waals surface area contributed by atoms with Gasteiger partial charge in [-0.3, -0.25) is 0 Å². The van der Waals surface area contributed by atoms with Crippen molar-refractivity contribution in [3.8, 4) is 11.5 Å². The van der Waals surface area contributed by atoms with Gasteiger partial charge in [-0.05, 0) is 24.6 Å². The molecule has 2 heterocycles. The summed E-state index contributed by atoms with van der Waals surface area (Å²) in [6, 6.07) is 6.44. The van der Waals surface area contributed by atoms with E-state index >= 15 is 0 Å². The predicted molar refractivity (Wildman–Crippen MR) is 64.9 cm³/mol. The van der Waals surface area contributed by atoms with Gasteiger partial charge in [0, 0.05) is 12.2 Å². The van der Waals surface area contributed by atoms with Gasteiger partial charge in [-0.2, -0.15) is 0 Å². The Labute approximate surface area is 109 Å². The van der Waals surface area contributed by atoms with Crippen molar-refractivity contribution in [1.29, 1.82) is 0 Å². The van der Waals surface area contributed by atoms with Crippen molar-refractivity contribution in [3.05, 3.63) is 35.7 Å². The molecule has 0 aliphatic carbocycles. The maximum absolute atomic E-state index is 10.9. The molecule has 1 N–H and O–H groups in total. The quantitative estimate of drug-likeness (QED) is 0.907. The standard InChI is InChI=1S/C13H12N2O4/c16-13(17)9-3-1-2-8(6-9)11-14-15-12(19-11)10-4-5-18-7-10/h1-3,6,10H,4-5,7H2,(H,16,17). The third kappa shape index (κ3) is 2.34. The molecule has 1 fully saturated rings. The highest BCUT2D eigenvalue weighted by Gasteiger charge is 2.23. The molecule has 1 aliphatic rings. The number of aromatic nitrogens is 2. The van der Waals surface area contributed by atoms with Gasteiger partial charge in [0.1, 0.15) is 0 Å². The smallest absolute Gasteiger partial charge is 0.335 e. The summed E-state index contributed by atoms with van der Waals surface area (Å²) in [6.07, 6.45) is 0.872. The molecule has 1 unspecified atom stereocenters. The molecular formula is C13H12N2O4. The SMILES string of the molecule is O=C(O)c1cccc(-c2nnc(C3CCOC3)o2)c1. The lowest BCUT2D eigenvalue weighted by Crippen LogP contribution is -1.97. The highest BCUT2D eigenvalue weighted by Crippen LogP contribution is 2.27. The minimum atomic E-state index is -0.981. The minimum Gasteiger partial charge on any atom is -0.478 e. The van der Waals surface area contributed by atoms with E-state index in [0.29, 0.717) is 30.6 Å². The second-order valence-corrected chi connectivity index (χ2v) is 4.39. The van der Waals surface area contributed by atoms with Crippen LogP contribution in [0.5, 0.6) is 0 Å². The van der Waals surface area contributed by atoms with Gasteiger partial charge in [-0.25, -0.2) is 4.79 Å². The zero-order valence-corrected chi connectivity index (χ0v) is 10.1. The summed E-state index contributed by atoms with van der Waals surface area (Å²) in [5.74, 6) is 0.0490. The van der Waals surface area contributed by atoms with Crippen molar-refractivity contribution in [2.45, 2.75) is 12.3 Å². The second-order valence-electron chi connectivity index (χ2n) is 4.39. The summed E-state index contributed by atoms with van der Waals surface area (Å²) in [5, 5.41) is 16.9. The number of nitrogens with zero attached hydrogens (tertiary/aromatic N) is 2. The molecule has 6 heteroatoms. The van der Waals surface area contributed by atoms with E-state index in [1.807, 2.05) is 0 Å². The maximum Gasteiger partial charge on any atom is 0.335 e. The largest absolute Gasteiger partial charge is 0.478 e. The van der Waals surface area contributed by atoms with Crippen molar-refractivity contribution in [2.75, 3.05) is 13.2 Å². The van der Waals surface area contributed by atoms with Crippen LogP contribution in [0.2, 0.25) is 0 Å². The van der Waals surface area contributed by atoms with Gasteiger partial charge < -0.3 is 14.3 Å². The lowest BCUT2D eigenvalue weighted by molar-refractivity contribution is 0.0697. The zero-order valence-electron chi connectivity index (χ0n) is 10.1. The van der Waals surface area contributed by atoms with Crippen molar-refractivity contribution < 1.29 is 19.1 Å². The van der Waals surface area contributed by atoms with E-state index in [9.17, 15) is 4.79 Å². The third-order valence-electron chi connectivity index (χ3n) is 3.08. The molecule has 1 aliphatic heterocycles. The van der Waals surface area contributed by atoms with Crippen LogP contribution < -0.4 is 0 Å². The lowest BCUT2D eigenvalue weighted by atomic mass is 10.1. The molecule has 2 aromatic rings. The molecule has 0 radical (unpaired) electrons. The van der Waals surface area contributed by atoms with Crippen LogP contribution in [0.3, 0.4) is 0 Å². The summed E-state index contributed by atoms with van der Waals surface area (Å²) in [4.78, 5) is 10.9. The van der Waals surface area contributed by atoms with Crippen LogP contribution in [-0.4, -0.2) is 34.5 Å². The van der Waals surface area contributed by atoms with Crippen molar-refractivity contribution in [3.63, 3.8) is 0 Å². The van der Waals surface area contributed by atoms with Gasteiger partial charge in [0.2, 0.25) is 11.8 Å². The Balaban J connectivity index is 1.89. The molecule has 1 saturated heterocycles. The number of hydrogen-bond acceptors (Lipinski definition) is 5. The lowest BCUT2D eigenvalue weighted by Gasteiger charge is -1.99. The average Bonchev–Trinajstić information content (AvgIpc) is 3.09. The van der Waals surface area contributed by atoms with Gasteiger partial charge >= 0.3 is 5.97 Å². The summed E-state index contributed by atoms with van der Waals surface area (Å²) in [5.41, 5.74) is 0.805. The number of aromatic carboxylic acids is 1. The van der Waals surface area contributed by atoms with Gasteiger partial charge in [0.25, 0.3) is 0 Å². The molecule has 0 amide bonds. The normalized spacial score (nSPS) is 18.6. The number of carboxylic acid groups (broad SMARTS) is 1. The van der Waals surface area contributed by atoms with Crippen molar-refractivity contribution in [1.82, 2.24) is 10.2 Å². The molecule has 3 rings (SSSR count). The fourth-order valence-corrected chi connectivity index (χ4v) is 2.03. The van der Waals surface area contributed by atoms with Gasteiger partial charge in [-0.1, -0.05) is 6.07 Å². The van der Waals surface area contributed by atoms with E-state index in [-0.39, 0.29) is 11.5 Å². The Morgan fingerprint density at radius 2 is 2.26 bits per heavy atom. The summed E-state index contributed by atoms with van der Waals surface area (Å²) in [6.45, 7) is 1.30. The van der Waals surface area contributed by atoms with Crippen molar-refractivity contribution in [2.24, 2.45) is 0 Å². The van der Waals surface area contributed by atoms with Gasteiger partial charge in [0.15, 0.2) is 0 Å². The van der Waals surface area contributed by atoms with Crippen LogP contribution >= 0.6 is 0 Å². The Bertz CT molecular complexity index is 602. The number of ether oxygens (including phenoxy) is 1. The molecule has 0 bridgehead atoms. The van der Waals surface area contributed by atoms with Crippen LogP contribution in [0.4, 0.5) is 0 Å². The first-order chi connectivity index (χ1) is 9.24. The third-order valence-corrected chi connectivity index (χ3v) is 3.08. The second kappa shape index (κ2) is 4.81. The fourth-order valence-electron chi connectivity index (χ4n) is 2.03. The number of hydrogen-bond donors (Lipinski definition) is 1. The molecule has 0 spiro atoms. The first kappa shape index (κ1) is 11.9. The number of rotatable bonds is 3. The summed E-state index contributed by atoms with van der Waals surface area (Å²) < 4.78 is 10.9. The molecule has 6 nitrogen and oxygen atoms in total. The summed E-state index contributed by atoms with van der Waals surface area (Å²) >= 11 is 0. The Hall–Kier alpha value is -2.21. The van der Waals surface area contributed by atoms with Crippen LogP contribution in [0.1, 0.15) is 28.6 Å². The van der Waals surface area contributed by atoms with Gasteiger partial charge in [-0.15, -0.1) is 10.2 Å². The molecule has 1 aromatic heterocycles. The van der Waals surface area contributed by atoms with Crippen LogP contribution in [0.15, 0.2) is 28.7 Å². The van der Waals surface area contributed by atoms with Crippen LogP contribution in [0.25, 0.3) is 11.5 Å². The maximum atomic E-state index is 10.9. The van der Waals surface area contributed by atoms with Gasteiger partial charge in [0.05, 0.1) is 18.1 Å². The summed E-state index contributed by atoms with van der Waals surface area (Å²) in [7, 11) is 0. The number of carbonyl (C=O) groups is 1. The Morgan fingerprint density at radius 3 is 3.00 bits per heavy atom.